The summed E-state index contributed by atoms with van der Waals surface area (Å²) >= 11 is 0. The van der Waals surface area contributed by atoms with Crippen LogP contribution in [0.1, 0.15) is 13.7 Å². The van der Waals surface area contributed by atoms with Crippen LogP contribution in [0.2, 0.25) is 0 Å². The molecule has 7 heteroatoms. The Labute approximate surface area is 379 Å². The normalized spacial score (nSPS) is 13.8. The molecule has 12 aromatic rings. The number of hydrogen-bond donors (Lipinski definition) is 0. The molecule has 4 heterocycles. The standard InChI is InChI=1S/C54H32N4O2.Pt/c1-3-15-36(16-4-1)42-24-13-25-43(37-17-5-2-6-18-37)53(42)57-35-56(48-27-8-9-28-49(48)57)38-19-11-21-40(31-38)59-41-22-12-20-39(32-41)58-50-33-47-44-23-7-10-29-51(44)60-52(47)34-46(50)45-26-14-30-55-54(45)58;/h1-30,33-34H;/q-2;/i1D,2D,3D,4D,5D,6D,15D,16D,17D,18D;. The van der Waals surface area contributed by atoms with E-state index in [-0.39, 0.29) is 49.0 Å². The van der Waals surface area contributed by atoms with Crippen molar-refractivity contribution in [1.29, 1.82) is 0 Å². The van der Waals surface area contributed by atoms with E-state index in [2.05, 4.69) is 35.2 Å². The van der Waals surface area contributed by atoms with Crippen LogP contribution in [-0.2, 0) is 21.1 Å². The Morgan fingerprint density at radius 2 is 1.23 bits per heavy atom. The zero-order valence-corrected chi connectivity index (χ0v) is 33.9. The Balaban J connectivity index is 0.00000547. The molecule has 12 rings (SSSR count). The maximum Gasteiger partial charge on any atom is 0.268 e. The predicted molar refractivity (Wildman–Crippen MR) is 238 cm³/mol. The molecule has 8 aromatic carbocycles. The molecular weight excluding hydrogens is 932 g/mol. The molecular formula is C54H32N4O2Pt-2. The largest absolute Gasteiger partial charge is 0.510 e. The fourth-order valence-electron chi connectivity index (χ4n) is 8.04. The van der Waals surface area contributed by atoms with E-state index in [9.17, 15) is 0 Å². The number of imidazole rings is 1. The molecule has 4 aromatic heterocycles. The van der Waals surface area contributed by atoms with Gasteiger partial charge in [-0.3, -0.25) is 4.57 Å². The minimum absolute atomic E-state index is 0. The second-order valence-corrected chi connectivity index (χ2v) is 14.0. The molecule has 0 unspecified atom stereocenters. The third-order valence-electron chi connectivity index (χ3n) is 10.6. The monoisotopic (exact) mass is 973 g/mol. The average Bonchev–Trinajstić information content (AvgIpc) is 4.05. The zero-order valence-electron chi connectivity index (χ0n) is 41.6. The van der Waals surface area contributed by atoms with E-state index in [1.165, 1.54) is 0 Å². The van der Waals surface area contributed by atoms with E-state index < -0.39 is 60.4 Å². The minimum atomic E-state index is -0.575. The summed E-state index contributed by atoms with van der Waals surface area (Å²) < 4.78 is 105. The Hall–Kier alpha value is -7.53. The SMILES string of the molecule is [2H]c1c([2H])c([2H])c(-c2cccc(-c3c([2H])c([2H])c([2H])c([2H])c3[2H])c2-[n+]2[c-]n(-c3[c-]c(Oc4[c-]c(-n5c6cc7c(cc6c6cccnc65)oc5ccccc57)ccc4)ccc3)c3ccccc32)c([2H])c1[2H].[Pt]. The second kappa shape index (κ2) is 14.9. The Bertz CT molecular complexity index is 4060. The number of hydrogen-bond acceptors (Lipinski definition) is 3. The predicted octanol–water partition coefficient (Wildman–Crippen LogP) is 12.8. The summed E-state index contributed by atoms with van der Waals surface area (Å²) in [6.45, 7) is 0. The Kier molecular flexibility index (Phi) is 6.68. The van der Waals surface area contributed by atoms with Crippen molar-refractivity contribution in [3.63, 3.8) is 0 Å². The summed E-state index contributed by atoms with van der Waals surface area (Å²) in [4.78, 5) is 4.80. The number of ether oxygens (including phenoxy) is 1. The molecule has 0 saturated heterocycles. The van der Waals surface area contributed by atoms with Gasteiger partial charge in [0.1, 0.15) is 16.8 Å². The van der Waals surface area contributed by atoms with Crippen LogP contribution in [0.3, 0.4) is 0 Å². The maximum absolute atomic E-state index is 9.00. The molecule has 0 aliphatic rings. The number of pyridine rings is 1. The summed E-state index contributed by atoms with van der Waals surface area (Å²) in [6.07, 6.45) is 5.15. The maximum atomic E-state index is 9.00. The van der Waals surface area contributed by atoms with E-state index in [1.54, 1.807) is 63.9 Å². The number of aromatic nitrogens is 4. The first-order valence-electron chi connectivity index (χ1n) is 24.1. The molecule has 0 fully saturated rings. The smallest absolute Gasteiger partial charge is 0.268 e. The van der Waals surface area contributed by atoms with Gasteiger partial charge in [0.2, 0.25) is 0 Å². The summed E-state index contributed by atoms with van der Waals surface area (Å²) in [5.74, 6) is 0.744. The fourth-order valence-corrected chi connectivity index (χ4v) is 8.04. The van der Waals surface area contributed by atoms with Crippen LogP contribution in [0.25, 0.3) is 94.2 Å². The van der Waals surface area contributed by atoms with E-state index in [1.807, 2.05) is 66.7 Å². The third-order valence-corrected chi connectivity index (χ3v) is 10.6. The van der Waals surface area contributed by atoms with Crippen molar-refractivity contribution in [2.24, 2.45) is 0 Å². The number of benzene rings is 8. The van der Waals surface area contributed by atoms with Gasteiger partial charge in [-0.05, 0) is 58.3 Å². The second-order valence-electron chi connectivity index (χ2n) is 14.0. The molecule has 61 heavy (non-hydrogen) atoms. The van der Waals surface area contributed by atoms with Gasteiger partial charge in [0.25, 0.3) is 6.33 Å². The molecule has 0 bridgehead atoms. The number of fused-ring (bicyclic) bond motifs is 7. The number of nitrogens with zero attached hydrogens (tertiary/aromatic N) is 4. The van der Waals surface area contributed by atoms with E-state index >= 15 is 0 Å². The Morgan fingerprint density at radius 3 is 2.00 bits per heavy atom. The summed E-state index contributed by atoms with van der Waals surface area (Å²) in [5, 5.41) is 3.90. The van der Waals surface area contributed by atoms with Crippen molar-refractivity contribution in [3.8, 4) is 50.8 Å². The van der Waals surface area contributed by atoms with Crippen LogP contribution in [0.15, 0.2) is 198 Å². The van der Waals surface area contributed by atoms with Crippen molar-refractivity contribution < 1.29 is 48.5 Å². The molecule has 0 aliphatic carbocycles. The molecule has 6 nitrogen and oxygen atoms in total. The van der Waals surface area contributed by atoms with Gasteiger partial charge in [-0.1, -0.05) is 127 Å². The van der Waals surface area contributed by atoms with Crippen LogP contribution in [0.4, 0.5) is 0 Å². The van der Waals surface area contributed by atoms with Gasteiger partial charge in [0.05, 0.1) is 35.9 Å². The first-order chi connectivity index (χ1) is 33.9. The van der Waals surface area contributed by atoms with Gasteiger partial charge in [-0.15, -0.1) is 30.3 Å². The van der Waals surface area contributed by atoms with Crippen molar-refractivity contribution in [2.45, 2.75) is 0 Å². The van der Waals surface area contributed by atoms with Crippen LogP contribution < -0.4 is 9.30 Å². The molecule has 0 spiro atoms. The first kappa shape index (κ1) is 27.3. The van der Waals surface area contributed by atoms with Crippen molar-refractivity contribution in [1.82, 2.24) is 14.1 Å². The topological polar surface area (TPSA) is 49.0 Å². The van der Waals surface area contributed by atoms with Gasteiger partial charge in [0, 0.05) is 60.3 Å². The van der Waals surface area contributed by atoms with Crippen molar-refractivity contribution >= 4 is 54.9 Å². The first-order valence-corrected chi connectivity index (χ1v) is 19.1. The van der Waals surface area contributed by atoms with Gasteiger partial charge in [-0.2, -0.15) is 18.2 Å². The van der Waals surface area contributed by atoms with E-state index in [0.29, 0.717) is 33.9 Å². The number of furan rings is 1. The van der Waals surface area contributed by atoms with Gasteiger partial charge in [-0.25, -0.2) is 4.98 Å². The average molecular weight is 974 g/mol. The molecule has 0 atom stereocenters. The molecule has 0 N–H and O–H groups in total. The van der Waals surface area contributed by atoms with Crippen LogP contribution >= 0.6 is 0 Å². The summed E-state index contributed by atoms with van der Waals surface area (Å²) in [6, 6.07) is 40.6. The fraction of sp³-hybridized carbons (Fsp3) is 0. The summed E-state index contributed by atoms with van der Waals surface area (Å²) in [5.41, 5.74) is 5.69. The quantitative estimate of drug-likeness (QED) is 0.118. The third kappa shape index (κ3) is 6.15. The van der Waals surface area contributed by atoms with E-state index in [4.69, 9.17) is 27.8 Å². The van der Waals surface area contributed by atoms with Crippen LogP contribution in [-0.4, -0.2) is 14.1 Å². The summed E-state index contributed by atoms with van der Waals surface area (Å²) in [7, 11) is 0. The number of rotatable bonds is 7. The molecule has 0 radical (unpaired) electrons. The zero-order chi connectivity index (χ0) is 48.3. The molecule has 0 amide bonds. The van der Waals surface area contributed by atoms with Crippen LogP contribution in [0, 0.1) is 18.5 Å². The minimum Gasteiger partial charge on any atom is -0.510 e. The molecule has 0 saturated carbocycles. The Morgan fingerprint density at radius 1 is 0.574 bits per heavy atom. The van der Waals surface area contributed by atoms with Gasteiger partial charge >= 0.3 is 0 Å². The van der Waals surface area contributed by atoms with Crippen molar-refractivity contribution in [2.75, 3.05) is 0 Å². The van der Waals surface area contributed by atoms with Crippen molar-refractivity contribution in [3.05, 3.63) is 212 Å². The molecule has 292 valence electrons. The van der Waals surface area contributed by atoms with E-state index in [0.717, 1.165) is 43.9 Å². The molecule has 0 aliphatic heterocycles. The van der Waals surface area contributed by atoms with Gasteiger partial charge < -0.3 is 18.3 Å². The van der Waals surface area contributed by atoms with Crippen LogP contribution in [0.5, 0.6) is 11.5 Å². The van der Waals surface area contributed by atoms with Gasteiger partial charge in [0.15, 0.2) is 0 Å². The number of para-hydroxylation sites is 4.